The van der Waals surface area contributed by atoms with E-state index in [2.05, 4.69) is 0 Å². The Labute approximate surface area is 87.7 Å². The molecule has 1 aliphatic rings. The summed E-state index contributed by atoms with van der Waals surface area (Å²) in [4.78, 5) is 34.4. The molecule has 0 bridgehead atoms. The standard InChI is InChI=1S/C10H13NO4/c1-10(2,3)9(14)15-6-11-7(12)4-5-8(11)13/h4-5H,6H2,1-3H3. The Balaban J connectivity index is 2.49. The molecule has 5 nitrogen and oxygen atoms in total. The van der Waals surface area contributed by atoms with Crippen LogP contribution in [-0.4, -0.2) is 29.4 Å². The molecule has 0 saturated heterocycles. The molecule has 1 aliphatic heterocycles. The first kappa shape index (κ1) is 11.4. The number of ether oxygens (including phenoxy) is 1. The topological polar surface area (TPSA) is 63.7 Å². The van der Waals surface area contributed by atoms with Gasteiger partial charge in [-0.2, -0.15) is 0 Å². The van der Waals surface area contributed by atoms with Gasteiger partial charge in [0, 0.05) is 12.2 Å². The smallest absolute Gasteiger partial charge is 0.312 e. The largest absolute Gasteiger partial charge is 0.443 e. The Hall–Kier alpha value is -1.65. The predicted octanol–water partition coefficient (Wildman–Crippen LogP) is 0.458. The van der Waals surface area contributed by atoms with Crippen LogP contribution in [0.5, 0.6) is 0 Å². The van der Waals surface area contributed by atoms with Gasteiger partial charge >= 0.3 is 5.97 Å². The van der Waals surface area contributed by atoms with Gasteiger partial charge in [-0.05, 0) is 20.8 Å². The van der Waals surface area contributed by atoms with E-state index in [1.165, 1.54) is 0 Å². The Morgan fingerprint density at radius 3 is 2.13 bits per heavy atom. The van der Waals surface area contributed by atoms with Crippen molar-refractivity contribution < 1.29 is 19.1 Å². The first-order valence-corrected chi connectivity index (χ1v) is 4.53. The SMILES string of the molecule is CC(C)(C)C(=O)OCN1C(=O)C=CC1=O. The van der Waals surface area contributed by atoms with Crippen molar-refractivity contribution in [3.8, 4) is 0 Å². The van der Waals surface area contributed by atoms with E-state index in [4.69, 9.17) is 4.74 Å². The second-order valence-corrected chi connectivity index (χ2v) is 4.25. The summed E-state index contributed by atoms with van der Waals surface area (Å²) in [5, 5.41) is 0. The van der Waals surface area contributed by atoms with Gasteiger partial charge in [-0.1, -0.05) is 0 Å². The number of amides is 2. The van der Waals surface area contributed by atoms with Gasteiger partial charge in [-0.15, -0.1) is 0 Å². The highest BCUT2D eigenvalue weighted by Crippen LogP contribution is 2.15. The van der Waals surface area contributed by atoms with Crippen LogP contribution in [0.3, 0.4) is 0 Å². The molecule has 0 unspecified atom stereocenters. The van der Waals surface area contributed by atoms with Crippen LogP contribution in [0.2, 0.25) is 0 Å². The zero-order valence-electron chi connectivity index (χ0n) is 8.94. The van der Waals surface area contributed by atoms with E-state index in [-0.39, 0.29) is 6.73 Å². The summed E-state index contributed by atoms with van der Waals surface area (Å²) in [5.41, 5.74) is -0.640. The second-order valence-electron chi connectivity index (χ2n) is 4.25. The molecule has 2 amide bonds. The first-order valence-electron chi connectivity index (χ1n) is 4.53. The summed E-state index contributed by atoms with van der Waals surface area (Å²) in [5.74, 6) is -1.36. The van der Waals surface area contributed by atoms with Gasteiger partial charge in [0.05, 0.1) is 5.41 Å². The molecular weight excluding hydrogens is 198 g/mol. The highest BCUT2D eigenvalue weighted by Gasteiger charge is 2.28. The molecule has 0 N–H and O–H groups in total. The van der Waals surface area contributed by atoms with Crippen LogP contribution in [0.15, 0.2) is 12.2 Å². The molecule has 0 spiro atoms. The van der Waals surface area contributed by atoms with Crippen molar-refractivity contribution >= 4 is 17.8 Å². The number of carbonyl (C=O) groups is 3. The number of nitrogens with zero attached hydrogens (tertiary/aromatic N) is 1. The van der Waals surface area contributed by atoms with Crippen molar-refractivity contribution in [1.82, 2.24) is 4.90 Å². The minimum atomic E-state index is -0.640. The van der Waals surface area contributed by atoms with Gasteiger partial charge in [0.2, 0.25) is 0 Å². The van der Waals surface area contributed by atoms with E-state index in [9.17, 15) is 14.4 Å². The quantitative estimate of drug-likeness (QED) is 0.491. The third-order valence-corrected chi connectivity index (χ3v) is 1.84. The van der Waals surface area contributed by atoms with Gasteiger partial charge in [-0.3, -0.25) is 14.4 Å². The molecule has 82 valence electrons. The number of carbonyl (C=O) groups excluding carboxylic acids is 3. The van der Waals surface area contributed by atoms with Crippen LogP contribution in [0, 0.1) is 5.41 Å². The molecule has 0 radical (unpaired) electrons. The fourth-order valence-electron chi connectivity index (χ4n) is 0.898. The Bertz CT molecular complexity index is 320. The second kappa shape index (κ2) is 3.84. The Morgan fingerprint density at radius 1 is 1.27 bits per heavy atom. The van der Waals surface area contributed by atoms with Crippen molar-refractivity contribution in [3.63, 3.8) is 0 Å². The number of rotatable bonds is 2. The molecule has 5 heteroatoms. The fraction of sp³-hybridized carbons (Fsp3) is 0.500. The van der Waals surface area contributed by atoms with Gasteiger partial charge in [0.15, 0.2) is 6.73 Å². The fourth-order valence-corrected chi connectivity index (χ4v) is 0.898. The van der Waals surface area contributed by atoms with Gasteiger partial charge in [0.25, 0.3) is 11.8 Å². The summed E-state index contributed by atoms with van der Waals surface area (Å²) in [6.45, 7) is 4.77. The lowest BCUT2D eigenvalue weighted by molar-refractivity contribution is -0.161. The van der Waals surface area contributed by atoms with Crippen LogP contribution in [-0.2, 0) is 19.1 Å². The van der Waals surface area contributed by atoms with E-state index in [0.717, 1.165) is 17.1 Å². The Morgan fingerprint density at radius 2 is 1.73 bits per heavy atom. The summed E-state index contributed by atoms with van der Waals surface area (Å²) in [6, 6.07) is 0. The van der Waals surface area contributed by atoms with Crippen molar-refractivity contribution in [3.05, 3.63) is 12.2 Å². The normalized spacial score (nSPS) is 16.1. The number of hydrogen-bond acceptors (Lipinski definition) is 4. The number of esters is 1. The highest BCUT2D eigenvalue weighted by molar-refractivity contribution is 6.12. The molecular formula is C10H13NO4. The maximum Gasteiger partial charge on any atom is 0.312 e. The van der Waals surface area contributed by atoms with Gasteiger partial charge in [-0.25, -0.2) is 4.90 Å². The summed E-state index contributed by atoms with van der Waals surface area (Å²) in [7, 11) is 0. The maximum atomic E-state index is 11.3. The minimum Gasteiger partial charge on any atom is -0.443 e. The number of imide groups is 1. The molecule has 0 atom stereocenters. The van der Waals surface area contributed by atoms with Crippen molar-refractivity contribution in [1.29, 1.82) is 0 Å². The van der Waals surface area contributed by atoms with Crippen molar-refractivity contribution in [2.45, 2.75) is 20.8 Å². The van der Waals surface area contributed by atoms with Crippen LogP contribution >= 0.6 is 0 Å². The van der Waals surface area contributed by atoms with E-state index in [0.29, 0.717) is 0 Å². The molecule has 0 fully saturated rings. The number of hydrogen-bond donors (Lipinski definition) is 0. The third kappa shape index (κ3) is 2.65. The summed E-state index contributed by atoms with van der Waals surface area (Å²) < 4.78 is 4.84. The molecule has 1 heterocycles. The first-order chi connectivity index (χ1) is 6.82. The van der Waals surface area contributed by atoms with Crippen LogP contribution in [0.4, 0.5) is 0 Å². The van der Waals surface area contributed by atoms with E-state index in [1.54, 1.807) is 20.8 Å². The lowest BCUT2D eigenvalue weighted by Gasteiger charge is -2.19. The van der Waals surface area contributed by atoms with Gasteiger partial charge < -0.3 is 4.74 Å². The van der Waals surface area contributed by atoms with E-state index in [1.807, 2.05) is 0 Å². The predicted molar refractivity (Wildman–Crippen MR) is 51.4 cm³/mol. The molecule has 0 aromatic heterocycles. The molecule has 0 saturated carbocycles. The zero-order chi connectivity index (χ0) is 11.6. The third-order valence-electron chi connectivity index (χ3n) is 1.84. The Kier molecular flexibility index (Phi) is 2.93. The average Bonchev–Trinajstić information content (AvgIpc) is 2.41. The van der Waals surface area contributed by atoms with Crippen molar-refractivity contribution in [2.75, 3.05) is 6.73 Å². The lowest BCUT2D eigenvalue weighted by Crippen LogP contribution is -2.35. The lowest BCUT2D eigenvalue weighted by atomic mass is 9.98. The molecule has 0 aromatic carbocycles. The van der Waals surface area contributed by atoms with E-state index >= 15 is 0 Å². The van der Waals surface area contributed by atoms with E-state index < -0.39 is 23.2 Å². The van der Waals surface area contributed by atoms with Crippen molar-refractivity contribution in [2.24, 2.45) is 5.41 Å². The molecule has 1 rings (SSSR count). The van der Waals surface area contributed by atoms with Crippen LogP contribution in [0.1, 0.15) is 20.8 Å². The zero-order valence-corrected chi connectivity index (χ0v) is 8.94. The summed E-state index contributed by atoms with van der Waals surface area (Å²) in [6.07, 6.45) is 2.29. The monoisotopic (exact) mass is 211 g/mol. The highest BCUT2D eigenvalue weighted by atomic mass is 16.5. The minimum absolute atomic E-state index is 0.319. The van der Waals surface area contributed by atoms with Crippen LogP contribution < -0.4 is 0 Å². The summed E-state index contributed by atoms with van der Waals surface area (Å²) >= 11 is 0. The molecule has 0 aromatic rings. The molecule has 0 aliphatic carbocycles. The average molecular weight is 211 g/mol. The molecule has 15 heavy (non-hydrogen) atoms. The van der Waals surface area contributed by atoms with Crippen LogP contribution in [0.25, 0.3) is 0 Å². The van der Waals surface area contributed by atoms with Gasteiger partial charge in [0.1, 0.15) is 0 Å². The maximum absolute atomic E-state index is 11.3.